The lowest BCUT2D eigenvalue weighted by Crippen LogP contribution is -2.49. The summed E-state index contributed by atoms with van der Waals surface area (Å²) in [5, 5.41) is 0. The number of carbonyl (C=O) groups excluding carboxylic acids is 1. The van der Waals surface area contributed by atoms with E-state index in [4.69, 9.17) is 4.74 Å². The summed E-state index contributed by atoms with van der Waals surface area (Å²) in [6, 6.07) is 6.41. The lowest BCUT2D eigenvalue weighted by molar-refractivity contribution is -0.155. The molecule has 0 saturated heterocycles. The number of hydrogen-bond donors (Lipinski definition) is 0. The van der Waals surface area contributed by atoms with Crippen molar-refractivity contribution >= 4 is 31.9 Å². The van der Waals surface area contributed by atoms with Crippen LogP contribution >= 0.6 is 15.9 Å². The van der Waals surface area contributed by atoms with Crippen LogP contribution in [0.4, 0.5) is 0 Å². The fraction of sp³-hybridized carbons (Fsp3) is 0.562. The molecule has 7 heteroatoms. The number of carbonyl (C=O) groups is 1. The highest BCUT2D eigenvalue weighted by Gasteiger charge is 2.36. The van der Waals surface area contributed by atoms with Crippen molar-refractivity contribution in [2.24, 2.45) is 0 Å². The van der Waals surface area contributed by atoms with Crippen molar-refractivity contribution in [3.63, 3.8) is 0 Å². The van der Waals surface area contributed by atoms with Gasteiger partial charge in [-0.1, -0.05) is 22.0 Å². The van der Waals surface area contributed by atoms with Crippen LogP contribution in [0.1, 0.15) is 41.5 Å². The first-order valence-electron chi connectivity index (χ1n) is 7.24. The van der Waals surface area contributed by atoms with Crippen LogP contribution in [-0.4, -0.2) is 36.4 Å². The summed E-state index contributed by atoms with van der Waals surface area (Å²) in [4.78, 5) is 12.3. The highest BCUT2D eigenvalue weighted by molar-refractivity contribution is 9.10. The van der Waals surface area contributed by atoms with Gasteiger partial charge in [-0.3, -0.25) is 4.79 Å². The van der Waals surface area contributed by atoms with Gasteiger partial charge in [0.05, 0.1) is 4.90 Å². The van der Waals surface area contributed by atoms with Crippen LogP contribution in [0.25, 0.3) is 0 Å². The predicted octanol–water partition coefficient (Wildman–Crippen LogP) is 3.58. The second-order valence-electron chi connectivity index (χ2n) is 7.23. The third-order valence-electron chi connectivity index (χ3n) is 2.83. The molecule has 0 aliphatic rings. The zero-order valence-corrected chi connectivity index (χ0v) is 16.8. The van der Waals surface area contributed by atoms with Crippen molar-refractivity contribution in [1.82, 2.24) is 4.31 Å². The third-order valence-corrected chi connectivity index (χ3v) is 5.43. The topological polar surface area (TPSA) is 63.7 Å². The Labute approximate surface area is 147 Å². The third kappa shape index (κ3) is 5.90. The summed E-state index contributed by atoms with van der Waals surface area (Å²) in [6.45, 7) is 10.1. The van der Waals surface area contributed by atoms with Gasteiger partial charge in [-0.05, 0) is 59.7 Å². The molecule has 0 spiro atoms. The largest absolute Gasteiger partial charge is 0.459 e. The average molecular weight is 406 g/mol. The first kappa shape index (κ1) is 20.1. The first-order chi connectivity index (χ1) is 10.2. The van der Waals surface area contributed by atoms with E-state index < -0.39 is 27.1 Å². The van der Waals surface area contributed by atoms with Crippen molar-refractivity contribution < 1.29 is 17.9 Å². The molecule has 0 saturated carbocycles. The molecule has 0 atom stereocenters. The van der Waals surface area contributed by atoms with Gasteiger partial charge in [0.15, 0.2) is 0 Å². The number of benzene rings is 1. The predicted molar refractivity (Wildman–Crippen MR) is 93.6 cm³/mol. The minimum atomic E-state index is -3.83. The van der Waals surface area contributed by atoms with Crippen molar-refractivity contribution in [3.8, 4) is 0 Å². The average Bonchev–Trinajstić information content (AvgIpc) is 2.32. The van der Waals surface area contributed by atoms with Gasteiger partial charge in [-0.2, -0.15) is 4.31 Å². The molecule has 5 nitrogen and oxygen atoms in total. The molecule has 0 amide bonds. The molecular weight excluding hydrogens is 382 g/mol. The van der Waals surface area contributed by atoms with Gasteiger partial charge in [0.2, 0.25) is 10.0 Å². The van der Waals surface area contributed by atoms with E-state index >= 15 is 0 Å². The van der Waals surface area contributed by atoms with Crippen LogP contribution in [0.5, 0.6) is 0 Å². The maximum Gasteiger partial charge on any atom is 0.321 e. The molecule has 1 aromatic rings. The van der Waals surface area contributed by atoms with Crippen LogP contribution in [-0.2, 0) is 19.6 Å². The Morgan fingerprint density at radius 1 is 1.17 bits per heavy atom. The van der Waals surface area contributed by atoms with Gasteiger partial charge in [0.1, 0.15) is 12.1 Å². The number of rotatable bonds is 4. The highest BCUT2D eigenvalue weighted by Crippen LogP contribution is 2.26. The van der Waals surface area contributed by atoms with E-state index in [1.807, 2.05) is 0 Å². The second-order valence-corrected chi connectivity index (χ2v) is 10.0. The van der Waals surface area contributed by atoms with Crippen molar-refractivity contribution in [2.45, 2.75) is 57.6 Å². The standard InChI is InChI=1S/C16H24BrNO4S/c1-15(2,3)18(11-14(19)22-16(4,5)6)23(20,21)13-9-7-8-12(17)10-13/h7-10H,11H2,1-6H3. The molecule has 1 rings (SSSR count). The van der Waals surface area contributed by atoms with E-state index in [2.05, 4.69) is 15.9 Å². The highest BCUT2D eigenvalue weighted by atomic mass is 79.9. The van der Waals surface area contributed by atoms with E-state index in [0.717, 1.165) is 4.31 Å². The van der Waals surface area contributed by atoms with Gasteiger partial charge >= 0.3 is 5.97 Å². The smallest absolute Gasteiger partial charge is 0.321 e. The zero-order chi connectivity index (χ0) is 18.1. The molecule has 0 bridgehead atoms. The zero-order valence-electron chi connectivity index (χ0n) is 14.4. The molecule has 0 radical (unpaired) electrons. The lowest BCUT2D eigenvalue weighted by Gasteiger charge is -2.34. The maximum absolute atomic E-state index is 12.9. The SMILES string of the molecule is CC(C)(C)OC(=O)CN(C(C)(C)C)S(=O)(=O)c1cccc(Br)c1. The number of ether oxygens (including phenoxy) is 1. The Bertz CT molecular complexity index is 672. The van der Waals surface area contributed by atoms with Crippen LogP contribution < -0.4 is 0 Å². The lowest BCUT2D eigenvalue weighted by atomic mass is 10.1. The molecular formula is C16H24BrNO4S. The molecule has 0 unspecified atom stereocenters. The molecule has 0 aliphatic carbocycles. The fourth-order valence-corrected chi connectivity index (χ4v) is 4.26. The first-order valence-corrected chi connectivity index (χ1v) is 9.47. The summed E-state index contributed by atoms with van der Waals surface area (Å²) in [6.07, 6.45) is 0. The van der Waals surface area contributed by atoms with Crippen molar-refractivity contribution in [1.29, 1.82) is 0 Å². The molecule has 0 aliphatic heterocycles. The Morgan fingerprint density at radius 3 is 2.17 bits per heavy atom. The Balaban J connectivity index is 3.20. The molecule has 0 aromatic heterocycles. The number of nitrogens with zero attached hydrogens (tertiary/aromatic N) is 1. The Hall–Kier alpha value is -0.920. The Morgan fingerprint density at radius 2 is 1.74 bits per heavy atom. The van der Waals surface area contributed by atoms with E-state index in [1.165, 1.54) is 12.1 Å². The monoisotopic (exact) mass is 405 g/mol. The molecule has 0 heterocycles. The second kappa shape index (κ2) is 6.91. The number of halogens is 1. The van der Waals surface area contributed by atoms with Crippen LogP contribution in [0.3, 0.4) is 0 Å². The number of hydrogen-bond acceptors (Lipinski definition) is 4. The quantitative estimate of drug-likeness (QED) is 0.717. The summed E-state index contributed by atoms with van der Waals surface area (Å²) >= 11 is 3.27. The van der Waals surface area contributed by atoms with Crippen LogP contribution in [0, 0.1) is 0 Å². The summed E-state index contributed by atoms with van der Waals surface area (Å²) < 4.78 is 32.9. The molecule has 1 aromatic carbocycles. The fourth-order valence-electron chi connectivity index (χ4n) is 1.93. The van der Waals surface area contributed by atoms with E-state index in [9.17, 15) is 13.2 Å². The van der Waals surface area contributed by atoms with E-state index in [1.54, 1.807) is 53.7 Å². The number of esters is 1. The van der Waals surface area contributed by atoms with Crippen LogP contribution in [0.15, 0.2) is 33.6 Å². The minimum absolute atomic E-state index is 0.130. The van der Waals surface area contributed by atoms with Crippen molar-refractivity contribution in [3.05, 3.63) is 28.7 Å². The molecule has 0 fully saturated rings. The van der Waals surface area contributed by atoms with E-state index in [-0.39, 0.29) is 11.4 Å². The summed E-state index contributed by atoms with van der Waals surface area (Å²) in [5.74, 6) is -0.578. The normalized spacial score (nSPS) is 13.2. The van der Waals surface area contributed by atoms with Gasteiger partial charge in [-0.25, -0.2) is 8.42 Å². The molecule has 130 valence electrons. The van der Waals surface area contributed by atoms with Gasteiger partial charge < -0.3 is 4.74 Å². The summed E-state index contributed by atoms with van der Waals surface area (Å²) in [7, 11) is -3.83. The minimum Gasteiger partial charge on any atom is -0.459 e. The van der Waals surface area contributed by atoms with E-state index in [0.29, 0.717) is 4.47 Å². The van der Waals surface area contributed by atoms with Gasteiger partial charge in [-0.15, -0.1) is 0 Å². The van der Waals surface area contributed by atoms with Gasteiger partial charge in [0, 0.05) is 10.0 Å². The maximum atomic E-state index is 12.9. The Kier molecular flexibility index (Phi) is 6.04. The van der Waals surface area contributed by atoms with Crippen molar-refractivity contribution in [2.75, 3.05) is 6.54 Å². The van der Waals surface area contributed by atoms with Crippen LogP contribution in [0.2, 0.25) is 0 Å². The number of sulfonamides is 1. The molecule has 23 heavy (non-hydrogen) atoms. The molecule has 0 N–H and O–H groups in total. The summed E-state index contributed by atoms with van der Waals surface area (Å²) in [5.41, 5.74) is -1.43. The van der Waals surface area contributed by atoms with Gasteiger partial charge in [0.25, 0.3) is 0 Å².